The molecule has 0 radical (unpaired) electrons. The van der Waals surface area contributed by atoms with Crippen LogP contribution in [0.15, 0.2) is 18.2 Å². The highest BCUT2D eigenvalue weighted by atomic mass is 19.4. The molecule has 1 unspecified atom stereocenters. The maximum atomic E-state index is 12.0. The van der Waals surface area contributed by atoms with Gasteiger partial charge in [0.1, 0.15) is 5.75 Å². The van der Waals surface area contributed by atoms with Gasteiger partial charge in [0.25, 0.3) is 0 Å². The molecule has 2 N–H and O–H groups in total. The molecule has 0 fully saturated rings. The highest BCUT2D eigenvalue weighted by molar-refractivity contribution is 5.35. The van der Waals surface area contributed by atoms with E-state index in [0.29, 0.717) is 5.56 Å². The molecule has 0 spiro atoms. The summed E-state index contributed by atoms with van der Waals surface area (Å²) in [7, 11) is 0. The Kier molecular flexibility index (Phi) is 3.24. The van der Waals surface area contributed by atoms with E-state index in [-0.39, 0.29) is 11.3 Å². The molecule has 0 aliphatic rings. The van der Waals surface area contributed by atoms with E-state index in [1.807, 2.05) is 0 Å². The molecule has 0 saturated heterocycles. The van der Waals surface area contributed by atoms with Gasteiger partial charge >= 0.3 is 6.18 Å². The Morgan fingerprint density at radius 3 is 2.40 bits per heavy atom. The minimum absolute atomic E-state index is 0.0677. The van der Waals surface area contributed by atoms with Gasteiger partial charge in [0.15, 0.2) is 6.10 Å². The van der Waals surface area contributed by atoms with Crippen LogP contribution in [0, 0.1) is 6.92 Å². The lowest BCUT2D eigenvalue weighted by atomic mass is 10.1. The van der Waals surface area contributed by atoms with Crippen LogP contribution in [0.1, 0.15) is 11.1 Å². The van der Waals surface area contributed by atoms with Crippen LogP contribution in [0.4, 0.5) is 13.2 Å². The Balaban J connectivity index is 2.78. The van der Waals surface area contributed by atoms with Crippen molar-refractivity contribution in [3.63, 3.8) is 0 Å². The molecule has 0 bridgehead atoms. The van der Waals surface area contributed by atoms with Crippen molar-refractivity contribution in [1.82, 2.24) is 0 Å². The number of phenols is 1. The molecule has 0 aliphatic carbocycles. The molecule has 0 heterocycles. The molecule has 0 saturated carbocycles. The van der Waals surface area contributed by atoms with Crippen LogP contribution in [0.2, 0.25) is 0 Å². The van der Waals surface area contributed by atoms with Gasteiger partial charge in [-0.25, -0.2) is 0 Å². The molecular weight excluding hydrogens is 209 g/mol. The SMILES string of the molecule is Cc1ccc(CC(O)C(F)(F)F)cc1O. The number of aliphatic hydroxyl groups excluding tert-OH is 1. The van der Waals surface area contributed by atoms with Crippen molar-refractivity contribution in [2.24, 2.45) is 0 Å². The maximum Gasteiger partial charge on any atom is 0.414 e. The van der Waals surface area contributed by atoms with Gasteiger partial charge in [0, 0.05) is 6.42 Å². The Morgan fingerprint density at radius 2 is 1.93 bits per heavy atom. The zero-order chi connectivity index (χ0) is 11.6. The second-order valence-electron chi connectivity index (χ2n) is 3.38. The summed E-state index contributed by atoms with van der Waals surface area (Å²) in [5, 5.41) is 18.0. The van der Waals surface area contributed by atoms with Gasteiger partial charge in [-0.3, -0.25) is 0 Å². The highest BCUT2D eigenvalue weighted by Gasteiger charge is 2.37. The van der Waals surface area contributed by atoms with Crippen molar-refractivity contribution >= 4 is 0 Å². The van der Waals surface area contributed by atoms with E-state index < -0.39 is 18.7 Å². The predicted octanol–water partition coefficient (Wildman–Crippen LogP) is 2.17. The molecule has 84 valence electrons. The second-order valence-corrected chi connectivity index (χ2v) is 3.38. The third-order valence-electron chi connectivity index (χ3n) is 2.08. The molecule has 1 aromatic rings. The average molecular weight is 220 g/mol. The summed E-state index contributed by atoms with van der Waals surface area (Å²) in [6, 6.07) is 4.18. The summed E-state index contributed by atoms with van der Waals surface area (Å²) in [6.07, 6.45) is -7.56. The molecule has 15 heavy (non-hydrogen) atoms. The molecule has 0 aliphatic heterocycles. The minimum atomic E-state index is -4.62. The Hall–Kier alpha value is -1.23. The van der Waals surface area contributed by atoms with E-state index in [1.54, 1.807) is 6.92 Å². The number of benzene rings is 1. The van der Waals surface area contributed by atoms with Gasteiger partial charge in [0.05, 0.1) is 0 Å². The summed E-state index contributed by atoms with van der Waals surface area (Å²) in [6.45, 7) is 1.64. The van der Waals surface area contributed by atoms with E-state index in [2.05, 4.69) is 0 Å². The van der Waals surface area contributed by atoms with Crippen LogP contribution in [0.25, 0.3) is 0 Å². The quantitative estimate of drug-likeness (QED) is 0.801. The van der Waals surface area contributed by atoms with Crippen molar-refractivity contribution in [3.05, 3.63) is 29.3 Å². The number of aliphatic hydroxyl groups is 1. The summed E-state index contributed by atoms with van der Waals surface area (Å²) in [4.78, 5) is 0. The Bertz CT molecular complexity index is 347. The first-order valence-corrected chi connectivity index (χ1v) is 4.34. The Morgan fingerprint density at radius 1 is 1.33 bits per heavy atom. The van der Waals surface area contributed by atoms with Crippen molar-refractivity contribution in [2.75, 3.05) is 0 Å². The van der Waals surface area contributed by atoms with Crippen LogP contribution in [-0.4, -0.2) is 22.5 Å². The summed E-state index contributed by atoms with van der Waals surface area (Å²) in [5.41, 5.74) is 0.836. The zero-order valence-corrected chi connectivity index (χ0v) is 8.04. The second kappa shape index (κ2) is 4.10. The largest absolute Gasteiger partial charge is 0.508 e. The highest BCUT2D eigenvalue weighted by Crippen LogP contribution is 2.25. The van der Waals surface area contributed by atoms with Crippen LogP contribution in [0.5, 0.6) is 5.75 Å². The topological polar surface area (TPSA) is 40.5 Å². The van der Waals surface area contributed by atoms with Crippen molar-refractivity contribution in [1.29, 1.82) is 0 Å². The van der Waals surface area contributed by atoms with Gasteiger partial charge in [-0.15, -0.1) is 0 Å². The first kappa shape index (κ1) is 11.8. The van der Waals surface area contributed by atoms with Gasteiger partial charge in [-0.1, -0.05) is 12.1 Å². The number of halogens is 3. The standard InChI is InChI=1S/C10H11F3O2/c1-6-2-3-7(4-8(6)14)5-9(15)10(11,12)13/h2-4,9,14-15H,5H2,1H3. The smallest absolute Gasteiger partial charge is 0.414 e. The lowest BCUT2D eigenvalue weighted by Gasteiger charge is -2.14. The van der Waals surface area contributed by atoms with Crippen LogP contribution < -0.4 is 0 Å². The van der Waals surface area contributed by atoms with Gasteiger partial charge in [-0.05, 0) is 24.1 Å². The van der Waals surface area contributed by atoms with Crippen LogP contribution >= 0.6 is 0 Å². The van der Waals surface area contributed by atoms with Gasteiger partial charge < -0.3 is 10.2 Å². The van der Waals surface area contributed by atoms with Crippen LogP contribution in [-0.2, 0) is 6.42 Å². The molecule has 0 aromatic heterocycles. The van der Waals surface area contributed by atoms with Crippen LogP contribution in [0.3, 0.4) is 0 Å². The summed E-state index contributed by atoms with van der Waals surface area (Å²) >= 11 is 0. The molecule has 1 aromatic carbocycles. The van der Waals surface area contributed by atoms with E-state index in [1.165, 1.54) is 18.2 Å². The number of phenolic OH excluding ortho intramolecular Hbond substituents is 1. The zero-order valence-electron chi connectivity index (χ0n) is 8.04. The fraction of sp³-hybridized carbons (Fsp3) is 0.400. The lowest BCUT2D eigenvalue weighted by molar-refractivity contribution is -0.203. The number of aromatic hydroxyl groups is 1. The van der Waals surface area contributed by atoms with E-state index in [4.69, 9.17) is 5.11 Å². The molecule has 0 amide bonds. The van der Waals surface area contributed by atoms with Gasteiger partial charge in [0.2, 0.25) is 0 Å². The van der Waals surface area contributed by atoms with Crippen molar-refractivity contribution in [2.45, 2.75) is 25.6 Å². The minimum Gasteiger partial charge on any atom is -0.508 e. The van der Waals surface area contributed by atoms with E-state index in [9.17, 15) is 18.3 Å². The fourth-order valence-corrected chi connectivity index (χ4v) is 1.12. The number of aryl methyl sites for hydroxylation is 1. The monoisotopic (exact) mass is 220 g/mol. The predicted molar refractivity (Wildman–Crippen MR) is 48.6 cm³/mol. The third kappa shape index (κ3) is 3.13. The maximum absolute atomic E-state index is 12.0. The van der Waals surface area contributed by atoms with Gasteiger partial charge in [-0.2, -0.15) is 13.2 Å². The molecule has 1 rings (SSSR count). The number of hydrogen-bond acceptors (Lipinski definition) is 2. The van der Waals surface area contributed by atoms with E-state index >= 15 is 0 Å². The van der Waals surface area contributed by atoms with E-state index in [0.717, 1.165) is 0 Å². The first-order chi connectivity index (χ1) is 6.80. The molecule has 1 atom stereocenters. The number of hydrogen-bond donors (Lipinski definition) is 2. The molecule has 2 nitrogen and oxygen atoms in total. The molecule has 5 heteroatoms. The Labute approximate surface area is 85.0 Å². The number of alkyl halides is 3. The first-order valence-electron chi connectivity index (χ1n) is 4.34. The lowest BCUT2D eigenvalue weighted by Crippen LogP contribution is -2.30. The normalized spacial score (nSPS) is 13.9. The van der Waals surface area contributed by atoms with Crippen molar-refractivity contribution < 1.29 is 23.4 Å². The number of rotatable bonds is 2. The fourth-order valence-electron chi connectivity index (χ4n) is 1.12. The average Bonchev–Trinajstić information content (AvgIpc) is 2.10. The summed E-state index contributed by atoms with van der Waals surface area (Å²) < 4.78 is 36.0. The third-order valence-corrected chi connectivity index (χ3v) is 2.08. The molecular formula is C10H11F3O2. The summed E-state index contributed by atoms with van der Waals surface area (Å²) in [5.74, 6) is -0.0677. The van der Waals surface area contributed by atoms with Crippen molar-refractivity contribution in [3.8, 4) is 5.75 Å².